The molecule has 0 aliphatic heterocycles. The Morgan fingerprint density at radius 2 is 2.06 bits per heavy atom. The summed E-state index contributed by atoms with van der Waals surface area (Å²) in [5.74, 6) is 0.411. The van der Waals surface area contributed by atoms with Crippen LogP contribution in [0.5, 0.6) is 0 Å². The van der Waals surface area contributed by atoms with Gasteiger partial charge in [0, 0.05) is 6.54 Å². The van der Waals surface area contributed by atoms with Crippen molar-refractivity contribution in [3.63, 3.8) is 0 Å². The Morgan fingerprint density at radius 3 is 2.56 bits per heavy atom. The first-order valence-electron chi connectivity index (χ1n) is 5.98. The van der Waals surface area contributed by atoms with Gasteiger partial charge >= 0.3 is 6.03 Å². The molecule has 0 spiro atoms. The minimum Gasteiger partial charge on any atom is -0.392 e. The number of hydrogen-bond acceptors (Lipinski definition) is 2. The van der Waals surface area contributed by atoms with E-state index in [2.05, 4.69) is 10.6 Å². The lowest BCUT2D eigenvalue weighted by Crippen LogP contribution is -2.51. The number of nitrogens with one attached hydrogen (secondary N) is 2. The van der Waals surface area contributed by atoms with Crippen molar-refractivity contribution in [2.75, 3.05) is 6.54 Å². The summed E-state index contributed by atoms with van der Waals surface area (Å²) in [5, 5.41) is 5.58. The molecule has 4 N–H and O–H groups in total. The predicted molar refractivity (Wildman–Crippen MR) is 69.4 cm³/mol. The SMILES string of the molecule is CCNC(=O)NC(C(N)=S)C1CCCCC1. The van der Waals surface area contributed by atoms with Crippen LogP contribution in [0, 0.1) is 5.92 Å². The summed E-state index contributed by atoms with van der Waals surface area (Å²) in [5.41, 5.74) is 5.70. The van der Waals surface area contributed by atoms with Crippen LogP contribution in [0.25, 0.3) is 0 Å². The summed E-state index contributed by atoms with van der Waals surface area (Å²) in [6.07, 6.45) is 5.91. The topological polar surface area (TPSA) is 67.2 Å². The molecule has 0 aromatic heterocycles. The minimum absolute atomic E-state index is 0.151. The highest BCUT2D eigenvalue weighted by Crippen LogP contribution is 2.26. The van der Waals surface area contributed by atoms with Gasteiger partial charge in [-0.05, 0) is 25.7 Å². The van der Waals surface area contributed by atoms with Crippen molar-refractivity contribution in [1.82, 2.24) is 10.6 Å². The summed E-state index contributed by atoms with van der Waals surface area (Å²) in [6, 6.07) is -0.326. The van der Waals surface area contributed by atoms with Gasteiger partial charge in [-0.15, -0.1) is 0 Å². The van der Waals surface area contributed by atoms with E-state index in [1.165, 1.54) is 19.3 Å². The van der Waals surface area contributed by atoms with Crippen molar-refractivity contribution in [3.05, 3.63) is 0 Å². The molecule has 1 aliphatic rings. The van der Waals surface area contributed by atoms with Crippen LogP contribution in [0.1, 0.15) is 39.0 Å². The Morgan fingerprint density at radius 1 is 1.44 bits per heavy atom. The summed E-state index contributed by atoms with van der Waals surface area (Å²) < 4.78 is 0. The zero-order valence-corrected chi connectivity index (χ0v) is 10.6. The Balaban J connectivity index is 2.52. The first-order chi connectivity index (χ1) is 7.65. The van der Waals surface area contributed by atoms with Crippen LogP contribution < -0.4 is 16.4 Å². The van der Waals surface area contributed by atoms with Crippen LogP contribution in [0.3, 0.4) is 0 Å². The molecule has 0 heterocycles. The average Bonchev–Trinajstić information content (AvgIpc) is 2.27. The van der Waals surface area contributed by atoms with Gasteiger partial charge in [-0.3, -0.25) is 0 Å². The molecule has 1 fully saturated rings. The monoisotopic (exact) mass is 243 g/mol. The van der Waals surface area contributed by atoms with Gasteiger partial charge in [0.2, 0.25) is 0 Å². The summed E-state index contributed by atoms with van der Waals surface area (Å²) in [7, 11) is 0. The van der Waals surface area contributed by atoms with Gasteiger partial charge in [0.15, 0.2) is 0 Å². The Labute approximate surface area is 102 Å². The molecule has 1 aliphatic carbocycles. The maximum atomic E-state index is 11.5. The third-order valence-electron chi connectivity index (χ3n) is 3.05. The van der Waals surface area contributed by atoms with Crippen LogP contribution in [-0.4, -0.2) is 23.6 Å². The fourth-order valence-corrected chi connectivity index (χ4v) is 2.49. The standard InChI is InChI=1S/C11H21N3OS/c1-2-13-11(15)14-9(10(12)16)8-6-4-3-5-7-8/h8-9H,2-7H2,1H3,(H2,12,16)(H2,13,14,15). The van der Waals surface area contributed by atoms with E-state index in [1.54, 1.807) is 0 Å². The first kappa shape index (κ1) is 13.2. The van der Waals surface area contributed by atoms with E-state index in [1.807, 2.05) is 6.92 Å². The molecular formula is C11H21N3OS. The van der Waals surface area contributed by atoms with Crippen LogP contribution in [0.4, 0.5) is 4.79 Å². The number of thiocarbonyl (C=S) groups is 1. The number of amides is 2. The number of rotatable bonds is 4. The third kappa shape index (κ3) is 3.96. The molecule has 0 aromatic carbocycles. The number of carbonyl (C=O) groups excluding carboxylic acids is 1. The van der Waals surface area contributed by atoms with E-state index in [0.29, 0.717) is 17.5 Å². The molecule has 1 saturated carbocycles. The van der Waals surface area contributed by atoms with Gasteiger partial charge in [-0.25, -0.2) is 4.79 Å². The second kappa shape index (κ2) is 6.68. The van der Waals surface area contributed by atoms with Crippen molar-refractivity contribution in [1.29, 1.82) is 0 Å². The number of carbonyl (C=O) groups is 1. The van der Waals surface area contributed by atoms with Crippen molar-refractivity contribution in [2.45, 2.75) is 45.1 Å². The van der Waals surface area contributed by atoms with Gasteiger partial charge in [0.05, 0.1) is 11.0 Å². The highest BCUT2D eigenvalue weighted by Gasteiger charge is 2.26. The number of hydrogen-bond donors (Lipinski definition) is 3. The van der Waals surface area contributed by atoms with Crippen molar-refractivity contribution < 1.29 is 4.79 Å². The highest BCUT2D eigenvalue weighted by atomic mass is 32.1. The maximum absolute atomic E-state index is 11.5. The van der Waals surface area contributed by atoms with Gasteiger partial charge in [0.25, 0.3) is 0 Å². The van der Waals surface area contributed by atoms with Gasteiger partial charge in [-0.1, -0.05) is 31.5 Å². The van der Waals surface area contributed by atoms with E-state index in [-0.39, 0.29) is 12.1 Å². The second-order valence-corrected chi connectivity index (χ2v) is 4.75. The Hall–Kier alpha value is -0.840. The highest BCUT2D eigenvalue weighted by molar-refractivity contribution is 7.80. The minimum atomic E-state index is -0.175. The van der Waals surface area contributed by atoms with E-state index in [0.717, 1.165) is 12.8 Å². The molecule has 0 radical (unpaired) electrons. The summed E-state index contributed by atoms with van der Waals surface area (Å²) in [6.45, 7) is 2.50. The third-order valence-corrected chi connectivity index (χ3v) is 3.31. The second-order valence-electron chi connectivity index (χ2n) is 4.28. The lowest BCUT2D eigenvalue weighted by atomic mass is 9.84. The average molecular weight is 243 g/mol. The summed E-state index contributed by atoms with van der Waals surface area (Å²) in [4.78, 5) is 11.9. The Bertz CT molecular complexity index is 250. The molecule has 4 nitrogen and oxygen atoms in total. The van der Waals surface area contributed by atoms with Crippen molar-refractivity contribution >= 4 is 23.2 Å². The zero-order chi connectivity index (χ0) is 12.0. The molecule has 2 amide bonds. The van der Waals surface area contributed by atoms with Crippen LogP contribution in [-0.2, 0) is 0 Å². The molecule has 5 heteroatoms. The quantitative estimate of drug-likeness (QED) is 0.656. The number of urea groups is 1. The van der Waals surface area contributed by atoms with Crippen LogP contribution in [0.15, 0.2) is 0 Å². The molecular weight excluding hydrogens is 222 g/mol. The van der Waals surface area contributed by atoms with E-state index < -0.39 is 0 Å². The first-order valence-corrected chi connectivity index (χ1v) is 6.39. The molecule has 1 rings (SSSR count). The fraction of sp³-hybridized carbons (Fsp3) is 0.818. The molecule has 92 valence electrons. The van der Waals surface area contributed by atoms with Gasteiger partial charge in [-0.2, -0.15) is 0 Å². The predicted octanol–water partition coefficient (Wildman–Crippen LogP) is 1.54. The van der Waals surface area contributed by atoms with Crippen molar-refractivity contribution in [3.8, 4) is 0 Å². The Kier molecular flexibility index (Phi) is 5.52. The smallest absolute Gasteiger partial charge is 0.315 e. The van der Waals surface area contributed by atoms with Gasteiger partial charge in [0.1, 0.15) is 0 Å². The molecule has 0 bridgehead atoms. The zero-order valence-electron chi connectivity index (χ0n) is 9.79. The lowest BCUT2D eigenvalue weighted by molar-refractivity contribution is 0.232. The normalized spacial score (nSPS) is 18.8. The largest absolute Gasteiger partial charge is 0.392 e. The van der Waals surface area contributed by atoms with Crippen molar-refractivity contribution in [2.24, 2.45) is 11.7 Å². The maximum Gasteiger partial charge on any atom is 0.315 e. The summed E-state index contributed by atoms with van der Waals surface area (Å²) >= 11 is 5.04. The van der Waals surface area contributed by atoms with Crippen LogP contribution in [0.2, 0.25) is 0 Å². The molecule has 0 aromatic rings. The molecule has 1 unspecified atom stereocenters. The van der Waals surface area contributed by atoms with Crippen LogP contribution >= 0.6 is 12.2 Å². The number of nitrogens with two attached hydrogens (primary N) is 1. The van der Waals surface area contributed by atoms with E-state index in [9.17, 15) is 4.79 Å². The molecule has 1 atom stereocenters. The fourth-order valence-electron chi connectivity index (χ4n) is 2.24. The van der Waals surface area contributed by atoms with E-state index >= 15 is 0 Å². The van der Waals surface area contributed by atoms with E-state index in [4.69, 9.17) is 18.0 Å². The van der Waals surface area contributed by atoms with Gasteiger partial charge < -0.3 is 16.4 Å². The lowest BCUT2D eigenvalue weighted by Gasteiger charge is -2.30. The molecule has 16 heavy (non-hydrogen) atoms. The molecule has 0 saturated heterocycles.